The van der Waals surface area contributed by atoms with Crippen molar-refractivity contribution in [3.05, 3.63) is 53.6 Å². The summed E-state index contributed by atoms with van der Waals surface area (Å²) in [6.07, 6.45) is 9.02. The van der Waals surface area contributed by atoms with Gasteiger partial charge in [0.15, 0.2) is 4.34 Å². The lowest BCUT2D eigenvalue weighted by molar-refractivity contribution is -0.116. The van der Waals surface area contributed by atoms with Crippen LogP contribution in [0.15, 0.2) is 46.8 Å². The molecule has 1 N–H and O–H groups in total. The summed E-state index contributed by atoms with van der Waals surface area (Å²) in [6, 6.07) is 14.8. The number of carbonyl (C=O) groups is 1. The molecule has 1 amide bonds. The third-order valence-corrected chi connectivity index (χ3v) is 8.45. The fraction of sp³-hybridized carbons (Fsp3) is 0.517. The quantitative estimate of drug-likeness (QED) is 0.178. The predicted molar refractivity (Wildman–Crippen MR) is 151 cm³/mol. The van der Waals surface area contributed by atoms with Crippen LogP contribution in [-0.4, -0.2) is 16.6 Å². The van der Waals surface area contributed by atoms with E-state index in [9.17, 15) is 4.79 Å². The molecule has 5 heteroatoms. The molecule has 3 nitrogen and oxygen atoms in total. The fourth-order valence-corrected chi connectivity index (χ4v) is 6.38. The Bertz CT molecular complexity index is 982. The van der Waals surface area contributed by atoms with Crippen LogP contribution in [0.2, 0.25) is 0 Å². The molecule has 0 bridgehead atoms. The number of hydrogen-bond donors (Lipinski definition) is 1. The van der Waals surface area contributed by atoms with Gasteiger partial charge >= 0.3 is 0 Å². The van der Waals surface area contributed by atoms with Crippen molar-refractivity contribution in [2.75, 3.05) is 11.1 Å². The van der Waals surface area contributed by atoms with E-state index in [1.165, 1.54) is 52.3 Å². The van der Waals surface area contributed by atoms with E-state index < -0.39 is 0 Å². The van der Waals surface area contributed by atoms with Gasteiger partial charge in [0.1, 0.15) is 0 Å². The number of aromatic nitrogens is 1. The molecule has 1 heterocycles. The SMILES string of the molecule is CC(C)c1cccc(C(C)C)c1NC(=O)CCCCCCCCCSc1nc2ccccc2s1. The van der Waals surface area contributed by atoms with Crippen LogP contribution in [0.25, 0.3) is 10.2 Å². The minimum atomic E-state index is 0.155. The van der Waals surface area contributed by atoms with Crippen molar-refractivity contribution in [1.82, 2.24) is 4.98 Å². The minimum absolute atomic E-state index is 0.155. The number of hydrogen-bond acceptors (Lipinski definition) is 4. The van der Waals surface area contributed by atoms with Crippen LogP contribution in [0.5, 0.6) is 0 Å². The standard InChI is InChI=1S/C29H40N2OS2/c1-21(2)23-15-14-16-24(22(3)4)28(23)31-27(32)19-10-8-6-5-7-9-13-20-33-29-30-25-17-11-12-18-26(25)34-29/h11-12,14-18,21-22H,5-10,13,19-20H2,1-4H3,(H,31,32). The van der Waals surface area contributed by atoms with E-state index in [0.29, 0.717) is 18.3 Å². The molecule has 2 aromatic carbocycles. The Morgan fingerprint density at radius 2 is 1.47 bits per heavy atom. The highest BCUT2D eigenvalue weighted by Crippen LogP contribution is 2.33. The molecule has 3 rings (SSSR count). The summed E-state index contributed by atoms with van der Waals surface area (Å²) in [6.45, 7) is 8.76. The Kier molecular flexibility index (Phi) is 10.9. The van der Waals surface area contributed by atoms with Gasteiger partial charge in [0, 0.05) is 17.9 Å². The molecule has 0 fully saturated rings. The van der Waals surface area contributed by atoms with Gasteiger partial charge < -0.3 is 5.32 Å². The summed E-state index contributed by atoms with van der Waals surface area (Å²) >= 11 is 3.69. The number of thioether (sulfide) groups is 1. The van der Waals surface area contributed by atoms with Crippen LogP contribution in [0.3, 0.4) is 0 Å². The molecule has 0 unspecified atom stereocenters. The van der Waals surface area contributed by atoms with Crippen LogP contribution < -0.4 is 5.32 Å². The van der Waals surface area contributed by atoms with Gasteiger partial charge in [-0.1, -0.05) is 102 Å². The summed E-state index contributed by atoms with van der Waals surface area (Å²) in [7, 11) is 0. The van der Waals surface area contributed by atoms with Crippen LogP contribution in [0.1, 0.15) is 102 Å². The first kappa shape index (κ1) is 26.7. The molecule has 1 aromatic heterocycles. The number of nitrogens with zero attached hydrogens (tertiary/aromatic N) is 1. The molecule has 0 aliphatic rings. The maximum absolute atomic E-state index is 12.6. The van der Waals surface area contributed by atoms with Crippen molar-refractivity contribution < 1.29 is 4.79 Å². The first-order valence-electron chi connectivity index (χ1n) is 12.9. The zero-order chi connectivity index (χ0) is 24.3. The van der Waals surface area contributed by atoms with Crippen molar-refractivity contribution >= 4 is 44.9 Å². The molecule has 0 atom stereocenters. The van der Waals surface area contributed by atoms with Gasteiger partial charge in [-0.3, -0.25) is 4.79 Å². The highest BCUT2D eigenvalue weighted by atomic mass is 32.2. The maximum atomic E-state index is 12.6. The number of amides is 1. The summed E-state index contributed by atoms with van der Waals surface area (Å²) in [5.41, 5.74) is 4.64. The molecule has 3 aromatic rings. The lowest BCUT2D eigenvalue weighted by Gasteiger charge is -2.20. The van der Waals surface area contributed by atoms with Gasteiger partial charge in [-0.05, 0) is 47.9 Å². The van der Waals surface area contributed by atoms with E-state index in [4.69, 9.17) is 4.98 Å². The lowest BCUT2D eigenvalue weighted by atomic mass is 9.92. The summed E-state index contributed by atoms with van der Waals surface area (Å²) < 4.78 is 2.47. The molecular formula is C29H40N2OS2. The normalized spacial score (nSPS) is 11.6. The fourth-order valence-electron chi connectivity index (χ4n) is 4.24. The predicted octanol–water partition coefficient (Wildman–Crippen LogP) is 9.39. The number of benzene rings is 2. The van der Waals surface area contributed by atoms with Crippen molar-refractivity contribution in [3.63, 3.8) is 0 Å². The van der Waals surface area contributed by atoms with Crippen LogP contribution in [-0.2, 0) is 4.79 Å². The third-order valence-electron chi connectivity index (χ3n) is 6.19. The lowest BCUT2D eigenvalue weighted by Crippen LogP contribution is -2.15. The van der Waals surface area contributed by atoms with Gasteiger partial charge in [-0.25, -0.2) is 4.98 Å². The first-order chi connectivity index (χ1) is 16.5. The van der Waals surface area contributed by atoms with E-state index in [1.54, 1.807) is 11.3 Å². The molecule has 0 radical (unpaired) electrons. The number of anilines is 1. The topological polar surface area (TPSA) is 42.0 Å². The molecule has 0 aliphatic heterocycles. The summed E-state index contributed by atoms with van der Waals surface area (Å²) in [5.74, 6) is 2.10. The third kappa shape index (κ3) is 8.13. The van der Waals surface area contributed by atoms with Crippen LogP contribution in [0.4, 0.5) is 5.69 Å². The van der Waals surface area contributed by atoms with Gasteiger partial charge in [-0.15, -0.1) is 11.3 Å². The average molecular weight is 497 g/mol. The largest absolute Gasteiger partial charge is 0.326 e. The van der Waals surface area contributed by atoms with Gasteiger partial charge in [0.05, 0.1) is 10.2 Å². The number of fused-ring (bicyclic) bond motifs is 1. The Morgan fingerprint density at radius 1 is 0.853 bits per heavy atom. The van der Waals surface area contributed by atoms with E-state index in [-0.39, 0.29) is 5.91 Å². The number of thiazole rings is 1. The van der Waals surface area contributed by atoms with Gasteiger partial charge in [0.2, 0.25) is 5.91 Å². The second-order valence-corrected chi connectivity index (χ2v) is 12.1. The van der Waals surface area contributed by atoms with E-state index in [0.717, 1.165) is 29.8 Å². The Labute approximate surface area is 214 Å². The Balaban J connectivity index is 1.26. The number of para-hydroxylation sites is 2. The Morgan fingerprint density at radius 3 is 2.12 bits per heavy atom. The minimum Gasteiger partial charge on any atom is -0.326 e. The highest BCUT2D eigenvalue weighted by molar-refractivity contribution is 8.01. The van der Waals surface area contributed by atoms with Gasteiger partial charge in [-0.2, -0.15) is 0 Å². The van der Waals surface area contributed by atoms with Crippen molar-refractivity contribution in [2.45, 2.75) is 95.2 Å². The van der Waals surface area contributed by atoms with Crippen molar-refractivity contribution in [3.8, 4) is 0 Å². The van der Waals surface area contributed by atoms with E-state index in [1.807, 2.05) is 11.8 Å². The Hall–Kier alpha value is -1.85. The van der Waals surface area contributed by atoms with Crippen molar-refractivity contribution in [2.24, 2.45) is 0 Å². The molecule has 0 aliphatic carbocycles. The molecule has 184 valence electrons. The number of unbranched alkanes of at least 4 members (excludes halogenated alkanes) is 6. The van der Waals surface area contributed by atoms with Crippen LogP contribution in [0, 0.1) is 0 Å². The summed E-state index contributed by atoms with van der Waals surface area (Å²) in [4.78, 5) is 17.3. The average Bonchev–Trinajstić information content (AvgIpc) is 3.23. The zero-order valence-electron chi connectivity index (χ0n) is 21.2. The monoisotopic (exact) mass is 496 g/mol. The van der Waals surface area contributed by atoms with Gasteiger partial charge in [0.25, 0.3) is 0 Å². The molecule has 0 saturated carbocycles. The second-order valence-electron chi connectivity index (χ2n) is 9.69. The first-order valence-corrected chi connectivity index (χ1v) is 14.7. The van der Waals surface area contributed by atoms with E-state index in [2.05, 4.69) is 75.5 Å². The number of nitrogens with one attached hydrogen (secondary N) is 1. The van der Waals surface area contributed by atoms with Crippen LogP contribution >= 0.6 is 23.1 Å². The van der Waals surface area contributed by atoms with E-state index >= 15 is 0 Å². The number of rotatable bonds is 14. The molecule has 34 heavy (non-hydrogen) atoms. The second kappa shape index (κ2) is 13.9. The summed E-state index contributed by atoms with van der Waals surface area (Å²) in [5, 5.41) is 3.24. The zero-order valence-corrected chi connectivity index (χ0v) is 22.9. The molecule has 0 saturated heterocycles. The number of carbonyl (C=O) groups excluding carboxylic acids is 1. The smallest absolute Gasteiger partial charge is 0.224 e. The maximum Gasteiger partial charge on any atom is 0.224 e. The highest BCUT2D eigenvalue weighted by Gasteiger charge is 2.15. The van der Waals surface area contributed by atoms with Crippen molar-refractivity contribution in [1.29, 1.82) is 0 Å². The molecular weight excluding hydrogens is 456 g/mol. The molecule has 0 spiro atoms.